The highest BCUT2D eigenvalue weighted by Crippen LogP contribution is 2.12. The lowest BCUT2D eigenvalue weighted by molar-refractivity contribution is -0.142. The molecule has 0 aliphatic heterocycles. The highest BCUT2D eigenvalue weighted by molar-refractivity contribution is 5.74. The number of ether oxygens (including phenoxy) is 2. The molecule has 0 heterocycles. The molecule has 0 aromatic heterocycles. The van der Waals surface area contributed by atoms with Gasteiger partial charge in [-0.05, 0) is 23.8 Å². The van der Waals surface area contributed by atoms with Crippen LogP contribution < -0.4 is 4.74 Å². The topological polar surface area (TPSA) is 52.6 Å². The number of rotatable bonds is 5. The summed E-state index contributed by atoms with van der Waals surface area (Å²) in [5, 5.41) is 0. The van der Waals surface area contributed by atoms with E-state index >= 15 is 0 Å². The van der Waals surface area contributed by atoms with Crippen molar-refractivity contribution in [2.75, 3.05) is 13.7 Å². The van der Waals surface area contributed by atoms with Crippen molar-refractivity contribution < 1.29 is 19.1 Å². The Bertz CT molecular complexity index is 379. The van der Waals surface area contributed by atoms with Gasteiger partial charge in [-0.3, -0.25) is 4.79 Å². The van der Waals surface area contributed by atoms with Gasteiger partial charge in [-0.15, -0.1) is 0 Å². The van der Waals surface area contributed by atoms with Gasteiger partial charge in [-0.25, -0.2) is 4.79 Å². The molecule has 1 aromatic rings. The third-order valence-electron chi connectivity index (χ3n) is 1.83. The Morgan fingerprint density at radius 2 is 2.00 bits per heavy atom. The first kappa shape index (κ1) is 12.0. The summed E-state index contributed by atoms with van der Waals surface area (Å²) in [6.07, 6.45) is 3.79. The number of hydrogen-bond donors (Lipinski definition) is 0. The van der Waals surface area contributed by atoms with Gasteiger partial charge in [0.2, 0.25) is 0 Å². The molecule has 1 rings (SSSR count). The van der Waals surface area contributed by atoms with Gasteiger partial charge in [0.1, 0.15) is 12.0 Å². The van der Waals surface area contributed by atoms with E-state index in [4.69, 9.17) is 4.74 Å². The Morgan fingerprint density at radius 3 is 2.56 bits per heavy atom. The standard InChI is InChI=1S/C12H12O4/c1-15-12(14)9-16-11-6-4-10(5-7-11)3-2-8-13/h2-8H,9H2,1H3. The maximum absolute atomic E-state index is 10.8. The zero-order chi connectivity index (χ0) is 11.8. The molecule has 4 nitrogen and oxygen atoms in total. The number of carbonyl (C=O) groups is 2. The summed E-state index contributed by atoms with van der Waals surface area (Å²) in [6.45, 7) is -0.111. The van der Waals surface area contributed by atoms with Crippen LogP contribution in [0.4, 0.5) is 0 Å². The Morgan fingerprint density at radius 1 is 1.31 bits per heavy atom. The van der Waals surface area contributed by atoms with Crippen LogP contribution in [0.15, 0.2) is 30.3 Å². The van der Waals surface area contributed by atoms with Crippen molar-refractivity contribution >= 4 is 18.3 Å². The van der Waals surface area contributed by atoms with E-state index in [9.17, 15) is 9.59 Å². The molecular formula is C12H12O4. The highest BCUT2D eigenvalue weighted by atomic mass is 16.6. The molecule has 0 amide bonds. The lowest BCUT2D eigenvalue weighted by Gasteiger charge is -2.04. The summed E-state index contributed by atoms with van der Waals surface area (Å²) >= 11 is 0. The summed E-state index contributed by atoms with van der Waals surface area (Å²) in [5.41, 5.74) is 0.887. The molecule has 0 radical (unpaired) electrons. The first-order chi connectivity index (χ1) is 7.76. The molecule has 0 unspecified atom stereocenters. The zero-order valence-corrected chi connectivity index (χ0v) is 8.88. The van der Waals surface area contributed by atoms with E-state index in [-0.39, 0.29) is 6.61 Å². The van der Waals surface area contributed by atoms with Crippen molar-refractivity contribution in [3.8, 4) is 5.75 Å². The van der Waals surface area contributed by atoms with Crippen molar-refractivity contribution in [3.05, 3.63) is 35.9 Å². The van der Waals surface area contributed by atoms with Crippen LogP contribution >= 0.6 is 0 Å². The van der Waals surface area contributed by atoms with Crippen molar-refractivity contribution in [3.63, 3.8) is 0 Å². The predicted molar refractivity (Wildman–Crippen MR) is 59.1 cm³/mol. The second-order valence-electron chi connectivity index (χ2n) is 2.93. The highest BCUT2D eigenvalue weighted by Gasteiger charge is 2.00. The van der Waals surface area contributed by atoms with Gasteiger partial charge in [0.15, 0.2) is 6.61 Å². The van der Waals surface area contributed by atoms with Crippen molar-refractivity contribution in [2.45, 2.75) is 0 Å². The minimum absolute atomic E-state index is 0.111. The van der Waals surface area contributed by atoms with Crippen LogP contribution in [0.1, 0.15) is 5.56 Å². The fourth-order valence-electron chi connectivity index (χ4n) is 1.03. The zero-order valence-electron chi connectivity index (χ0n) is 8.88. The molecule has 0 aliphatic rings. The molecule has 0 saturated carbocycles. The second-order valence-corrected chi connectivity index (χ2v) is 2.93. The van der Waals surface area contributed by atoms with E-state index in [0.717, 1.165) is 5.56 Å². The van der Waals surface area contributed by atoms with E-state index in [1.807, 2.05) is 0 Å². The number of hydrogen-bond acceptors (Lipinski definition) is 4. The fourth-order valence-corrected chi connectivity index (χ4v) is 1.03. The molecule has 1 aromatic carbocycles. The van der Waals surface area contributed by atoms with Crippen LogP contribution in [0, 0.1) is 0 Å². The smallest absolute Gasteiger partial charge is 0.343 e. The van der Waals surface area contributed by atoms with Crippen molar-refractivity contribution in [1.82, 2.24) is 0 Å². The van der Waals surface area contributed by atoms with Gasteiger partial charge in [-0.1, -0.05) is 18.2 Å². The van der Waals surface area contributed by atoms with Gasteiger partial charge in [0, 0.05) is 0 Å². The molecule has 84 valence electrons. The SMILES string of the molecule is COC(=O)COc1ccc(C=CC=O)cc1. The quantitative estimate of drug-likeness (QED) is 0.428. The molecular weight excluding hydrogens is 208 g/mol. The largest absolute Gasteiger partial charge is 0.482 e. The lowest BCUT2D eigenvalue weighted by atomic mass is 10.2. The third kappa shape index (κ3) is 3.96. The van der Waals surface area contributed by atoms with E-state index in [1.165, 1.54) is 13.2 Å². The number of aldehydes is 1. The summed E-state index contributed by atoms with van der Waals surface area (Å²) in [4.78, 5) is 20.9. The normalized spacial score (nSPS) is 10.1. The van der Waals surface area contributed by atoms with Gasteiger partial charge in [0.05, 0.1) is 7.11 Å². The first-order valence-corrected chi connectivity index (χ1v) is 4.68. The maximum atomic E-state index is 10.8. The maximum Gasteiger partial charge on any atom is 0.343 e. The van der Waals surface area contributed by atoms with E-state index in [0.29, 0.717) is 12.0 Å². The van der Waals surface area contributed by atoms with Crippen molar-refractivity contribution in [1.29, 1.82) is 0 Å². The van der Waals surface area contributed by atoms with E-state index in [1.54, 1.807) is 30.3 Å². The molecule has 4 heteroatoms. The van der Waals surface area contributed by atoms with Crippen LogP contribution in [-0.4, -0.2) is 26.0 Å². The van der Waals surface area contributed by atoms with E-state index < -0.39 is 5.97 Å². The molecule has 0 saturated heterocycles. The first-order valence-electron chi connectivity index (χ1n) is 4.68. The molecule has 0 atom stereocenters. The summed E-state index contributed by atoms with van der Waals surface area (Å²) in [5.74, 6) is 0.151. The Labute approximate surface area is 93.5 Å². The van der Waals surface area contributed by atoms with Crippen molar-refractivity contribution in [2.24, 2.45) is 0 Å². The number of allylic oxidation sites excluding steroid dienone is 1. The molecule has 16 heavy (non-hydrogen) atoms. The van der Waals surface area contributed by atoms with Crippen LogP contribution in [0.3, 0.4) is 0 Å². The number of carbonyl (C=O) groups excluding carboxylic acids is 2. The van der Waals surface area contributed by atoms with E-state index in [2.05, 4.69) is 4.74 Å². The lowest BCUT2D eigenvalue weighted by Crippen LogP contribution is -2.12. The molecule has 0 aliphatic carbocycles. The van der Waals surface area contributed by atoms with Gasteiger partial charge >= 0.3 is 5.97 Å². The molecule has 0 bridgehead atoms. The van der Waals surface area contributed by atoms with Crippen LogP contribution in [-0.2, 0) is 14.3 Å². The molecule has 0 N–H and O–H groups in total. The molecule has 0 fully saturated rings. The number of esters is 1. The van der Waals surface area contributed by atoms with Crippen LogP contribution in [0.25, 0.3) is 6.08 Å². The summed E-state index contributed by atoms with van der Waals surface area (Å²) in [7, 11) is 1.30. The third-order valence-corrected chi connectivity index (χ3v) is 1.83. The average Bonchev–Trinajstić information content (AvgIpc) is 2.34. The van der Waals surface area contributed by atoms with Crippen LogP contribution in [0.2, 0.25) is 0 Å². The summed E-state index contributed by atoms with van der Waals surface area (Å²) < 4.78 is 9.58. The van der Waals surface area contributed by atoms with Gasteiger partial charge in [0.25, 0.3) is 0 Å². The Hall–Kier alpha value is -2.10. The Kier molecular flexibility index (Phi) is 4.79. The van der Waals surface area contributed by atoms with Crippen LogP contribution in [0.5, 0.6) is 5.75 Å². The Balaban J connectivity index is 2.54. The average molecular weight is 220 g/mol. The number of methoxy groups -OCH3 is 1. The second kappa shape index (κ2) is 6.40. The minimum Gasteiger partial charge on any atom is -0.482 e. The monoisotopic (exact) mass is 220 g/mol. The van der Waals surface area contributed by atoms with Gasteiger partial charge < -0.3 is 9.47 Å². The molecule has 0 spiro atoms. The fraction of sp³-hybridized carbons (Fsp3) is 0.167. The summed E-state index contributed by atoms with van der Waals surface area (Å²) in [6, 6.07) is 7.00. The van der Waals surface area contributed by atoms with Gasteiger partial charge in [-0.2, -0.15) is 0 Å². The number of benzene rings is 1. The minimum atomic E-state index is -0.426. The predicted octanol–water partition coefficient (Wildman–Crippen LogP) is 1.45.